The van der Waals surface area contributed by atoms with Crippen LogP contribution in [0, 0.1) is 0 Å². The van der Waals surface area contributed by atoms with E-state index in [0.717, 1.165) is 10.9 Å². The summed E-state index contributed by atoms with van der Waals surface area (Å²) >= 11 is 13.3. The number of anilines is 1. The van der Waals surface area contributed by atoms with Gasteiger partial charge in [-0.05, 0) is 31.2 Å². The van der Waals surface area contributed by atoms with Crippen LogP contribution in [-0.4, -0.2) is 26.1 Å². The van der Waals surface area contributed by atoms with Gasteiger partial charge in [0, 0.05) is 11.6 Å². The van der Waals surface area contributed by atoms with Crippen LogP contribution in [0.5, 0.6) is 0 Å². The molecule has 4 aromatic rings. The van der Waals surface area contributed by atoms with Crippen LogP contribution in [0.2, 0.25) is 10.0 Å². The van der Waals surface area contributed by atoms with Gasteiger partial charge in [0.25, 0.3) is 0 Å². The maximum Gasteiger partial charge on any atom is 0.238 e. The summed E-state index contributed by atoms with van der Waals surface area (Å²) in [6.07, 6.45) is 2.99. The van der Waals surface area contributed by atoms with E-state index < -0.39 is 5.25 Å². The van der Waals surface area contributed by atoms with Crippen molar-refractivity contribution in [3.05, 3.63) is 65.0 Å². The summed E-state index contributed by atoms with van der Waals surface area (Å²) < 4.78 is 5.43. The van der Waals surface area contributed by atoms with Gasteiger partial charge in [-0.25, -0.2) is 15.0 Å². The zero-order valence-corrected chi connectivity index (χ0v) is 17.4. The largest absolute Gasteiger partial charge is 0.461 e. The Labute approximate surface area is 180 Å². The van der Waals surface area contributed by atoms with Crippen molar-refractivity contribution in [3.8, 4) is 11.6 Å². The summed E-state index contributed by atoms with van der Waals surface area (Å²) in [6, 6.07) is 12.7. The molecule has 9 heteroatoms. The molecule has 0 saturated carbocycles. The second-order valence-electron chi connectivity index (χ2n) is 6.08. The van der Waals surface area contributed by atoms with Crippen molar-refractivity contribution in [1.29, 1.82) is 0 Å². The lowest BCUT2D eigenvalue weighted by atomic mass is 10.2. The SMILES string of the molecule is CC(Sc1nc(-c2ccco2)nc2ccccc12)C(=O)Nc1ncc(Cl)cc1Cl. The first-order valence-electron chi connectivity index (χ1n) is 8.60. The molecule has 4 rings (SSSR count). The number of hydrogen-bond donors (Lipinski definition) is 1. The van der Waals surface area contributed by atoms with Crippen molar-refractivity contribution in [2.75, 3.05) is 5.32 Å². The van der Waals surface area contributed by atoms with Crippen molar-refractivity contribution in [2.24, 2.45) is 0 Å². The minimum Gasteiger partial charge on any atom is -0.461 e. The highest BCUT2D eigenvalue weighted by molar-refractivity contribution is 8.00. The van der Waals surface area contributed by atoms with Crippen molar-refractivity contribution >= 4 is 57.6 Å². The van der Waals surface area contributed by atoms with E-state index in [0.29, 0.717) is 21.6 Å². The molecular formula is C20H14Cl2N4O2S. The Kier molecular flexibility index (Phi) is 5.71. The summed E-state index contributed by atoms with van der Waals surface area (Å²) in [4.78, 5) is 25.9. The molecule has 0 aliphatic heterocycles. The maximum atomic E-state index is 12.7. The molecule has 29 heavy (non-hydrogen) atoms. The van der Waals surface area contributed by atoms with E-state index in [2.05, 4.69) is 20.3 Å². The number of aromatic nitrogens is 3. The minimum atomic E-state index is -0.466. The standard InChI is InChI=1S/C20H14Cl2N4O2S/c1-11(19(27)25-17-14(22)9-12(21)10-23-17)29-20-13-5-2-3-6-15(13)24-18(26-20)16-7-4-8-28-16/h2-11H,1H3,(H,23,25,27). The van der Waals surface area contributed by atoms with Crippen LogP contribution in [0.25, 0.3) is 22.5 Å². The maximum absolute atomic E-state index is 12.7. The first-order chi connectivity index (χ1) is 14.0. The number of nitrogens with zero attached hydrogens (tertiary/aromatic N) is 3. The van der Waals surface area contributed by atoms with Crippen LogP contribution in [0.4, 0.5) is 5.82 Å². The molecule has 1 N–H and O–H groups in total. The molecule has 3 heterocycles. The molecule has 0 saturated heterocycles. The first-order valence-corrected chi connectivity index (χ1v) is 10.2. The molecule has 146 valence electrons. The lowest BCUT2D eigenvalue weighted by Gasteiger charge is -2.13. The van der Waals surface area contributed by atoms with E-state index in [4.69, 9.17) is 27.6 Å². The second-order valence-corrected chi connectivity index (χ2v) is 8.25. The Morgan fingerprint density at radius 3 is 2.76 bits per heavy atom. The first kappa shape index (κ1) is 19.7. The molecule has 0 radical (unpaired) electrons. The number of furan rings is 1. The molecule has 1 aromatic carbocycles. The van der Waals surface area contributed by atoms with E-state index >= 15 is 0 Å². The number of carbonyl (C=O) groups excluding carboxylic acids is 1. The fourth-order valence-corrected chi connectivity index (χ4v) is 3.97. The second kappa shape index (κ2) is 8.41. The summed E-state index contributed by atoms with van der Waals surface area (Å²) in [5.41, 5.74) is 0.770. The van der Waals surface area contributed by atoms with Crippen molar-refractivity contribution in [3.63, 3.8) is 0 Å². The van der Waals surface area contributed by atoms with E-state index in [9.17, 15) is 4.79 Å². The van der Waals surface area contributed by atoms with Crippen molar-refractivity contribution in [1.82, 2.24) is 15.0 Å². The van der Waals surface area contributed by atoms with Crippen LogP contribution >= 0.6 is 35.0 Å². The zero-order valence-electron chi connectivity index (χ0n) is 15.1. The van der Waals surface area contributed by atoms with E-state index in [1.54, 1.807) is 25.3 Å². The van der Waals surface area contributed by atoms with Crippen LogP contribution in [0.3, 0.4) is 0 Å². The number of pyridine rings is 1. The summed E-state index contributed by atoms with van der Waals surface area (Å²) in [7, 11) is 0. The van der Waals surface area contributed by atoms with E-state index in [1.807, 2.05) is 24.3 Å². The molecule has 0 aliphatic carbocycles. The quantitative estimate of drug-likeness (QED) is 0.313. The van der Waals surface area contributed by atoms with Crippen molar-refractivity contribution in [2.45, 2.75) is 17.2 Å². The summed E-state index contributed by atoms with van der Waals surface area (Å²) in [5, 5.41) is 4.47. The molecule has 0 fully saturated rings. The van der Waals surface area contributed by atoms with E-state index in [1.165, 1.54) is 24.0 Å². The fraction of sp³-hybridized carbons (Fsp3) is 0.100. The number of para-hydroxylation sites is 1. The highest BCUT2D eigenvalue weighted by Crippen LogP contribution is 2.32. The Balaban J connectivity index is 1.61. The van der Waals surface area contributed by atoms with Gasteiger partial charge in [-0.15, -0.1) is 0 Å². The van der Waals surface area contributed by atoms with Gasteiger partial charge in [0.15, 0.2) is 17.4 Å². The molecule has 0 aliphatic rings. The average molecular weight is 445 g/mol. The normalized spacial score (nSPS) is 12.1. The highest BCUT2D eigenvalue weighted by Gasteiger charge is 2.20. The molecular weight excluding hydrogens is 431 g/mol. The van der Waals surface area contributed by atoms with Crippen LogP contribution in [0.15, 0.2) is 64.4 Å². The Hall–Kier alpha value is -2.61. The number of hydrogen-bond acceptors (Lipinski definition) is 6. The molecule has 0 spiro atoms. The van der Waals surface area contributed by atoms with Gasteiger partial charge in [-0.3, -0.25) is 4.79 Å². The highest BCUT2D eigenvalue weighted by atomic mass is 35.5. The predicted molar refractivity (Wildman–Crippen MR) is 115 cm³/mol. The van der Waals surface area contributed by atoms with E-state index in [-0.39, 0.29) is 16.7 Å². The molecule has 1 amide bonds. The predicted octanol–water partition coefficient (Wildman–Crippen LogP) is 5.71. The fourth-order valence-electron chi connectivity index (χ4n) is 2.60. The number of rotatable bonds is 5. The van der Waals surface area contributed by atoms with Crippen LogP contribution < -0.4 is 5.32 Å². The average Bonchev–Trinajstić information content (AvgIpc) is 3.25. The number of fused-ring (bicyclic) bond motifs is 1. The molecule has 1 atom stereocenters. The van der Waals surface area contributed by atoms with Gasteiger partial charge >= 0.3 is 0 Å². The van der Waals surface area contributed by atoms with Crippen LogP contribution in [-0.2, 0) is 4.79 Å². The molecule has 1 unspecified atom stereocenters. The molecule has 3 aromatic heterocycles. The van der Waals surface area contributed by atoms with Gasteiger partial charge in [0.2, 0.25) is 5.91 Å². The van der Waals surface area contributed by atoms with Gasteiger partial charge in [0.1, 0.15) is 5.03 Å². The van der Waals surface area contributed by atoms with Crippen LogP contribution in [0.1, 0.15) is 6.92 Å². The Morgan fingerprint density at radius 2 is 2.00 bits per heavy atom. The zero-order chi connectivity index (χ0) is 20.4. The van der Waals surface area contributed by atoms with Gasteiger partial charge < -0.3 is 9.73 Å². The van der Waals surface area contributed by atoms with Gasteiger partial charge in [0.05, 0.1) is 27.1 Å². The minimum absolute atomic E-state index is 0.256. The van der Waals surface area contributed by atoms with Crippen molar-refractivity contribution < 1.29 is 9.21 Å². The number of amides is 1. The molecule has 0 bridgehead atoms. The Bertz CT molecular complexity index is 1180. The molecule has 6 nitrogen and oxygen atoms in total. The Morgan fingerprint density at radius 1 is 1.17 bits per heavy atom. The number of thioether (sulfide) groups is 1. The number of halogens is 2. The number of nitrogens with one attached hydrogen (secondary N) is 1. The topological polar surface area (TPSA) is 80.9 Å². The lowest BCUT2D eigenvalue weighted by Crippen LogP contribution is -2.23. The lowest BCUT2D eigenvalue weighted by molar-refractivity contribution is -0.115. The third-order valence-electron chi connectivity index (χ3n) is 4.02. The third kappa shape index (κ3) is 4.37. The number of benzene rings is 1. The van der Waals surface area contributed by atoms with Gasteiger partial charge in [-0.2, -0.15) is 0 Å². The monoisotopic (exact) mass is 444 g/mol. The summed E-state index contributed by atoms with van der Waals surface area (Å²) in [5.74, 6) is 1.03. The van der Waals surface area contributed by atoms with Gasteiger partial charge in [-0.1, -0.05) is 53.2 Å². The third-order valence-corrected chi connectivity index (χ3v) is 5.61. The smallest absolute Gasteiger partial charge is 0.238 e. The number of carbonyl (C=O) groups is 1. The summed E-state index contributed by atoms with van der Waals surface area (Å²) in [6.45, 7) is 1.78.